The molecule has 2 rings (SSSR count). The molecule has 1 aromatic rings. The lowest BCUT2D eigenvalue weighted by atomic mass is 10.0. The van der Waals surface area contributed by atoms with Crippen LogP contribution in [-0.4, -0.2) is 24.3 Å². The van der Waals surface area contributed by atoms with Gasteiger partial charge in [-0.1, -0.05) is 32.0 Å². The zero-order valence-corrected chi connectivity index (χ0v) is 16.0. The van der Waals surface area contributed by atoms with Crippen LogP contribution in [0.1, 0.15) is 59.1 Å². The van der Waals surface area contributed by atoms with Crippen molar-refractivity contribution in [2.75, 3.05) is 11.4 Å². The van der Waals surface area contributed by atoms with Gasteiger partial charge in [-0.3, -0.25) is 4.90 Å². The summed E-state index contributed by atoms with van der Waals surface area (Å²) in [6, 6.07) is 6.76. The zero-order chi connectivity index (χ0) is 17.9. The SMILES string of the molecule is CC(C)CC(C)NCc1cccc2c1N(C(=O)OC(C)(C)C)CC2. The van der Waals surface area contributed by atoms with Gasteiger partial charge in [-0.25, -0.2) is 4.79 Å². The lowest BCUT2D eigenvalue weighted by molar-refractivity contribution is 0.0583. The Hall–Kier alpha value is -1.55. The molecule has 0 fully saturated rings. The van der Waals surface area contributed by atoms with Gasteiger partial charge in [0.05, 0.1) is 5.69 Å². The molecule has 1 aliphatic heterocycles. The molecule has 0 aliphatic carbocycles. The number of nitrogens with zero attached hydrogens (tertiary/aromatic N) is 1. The Morgan fingerprint density at radius 1 is 1.29 bits per heavy atom. The van der Waals surface area contributed by atoms with Gasteiger partial charge in [-0.15, -0.1) is 0 Å². The Kier molecular flexibility index (Phi) is 5.92. The number of hydrogen-bond donors (Lipinski definition) is 1. The fourth-order valence-electron chi connectivity index (χ4n) is 3.25. The van der Waals surface area contributed by atoms with E-state index < -0.39 is 5.60 Å². The topological polar surface area (TPSA) is 41.6 Å². The van der Waals surface area contributed by atoms with E-state index in [-0.39, 0.29) is 6.09 Å². The number of hydrogen-bond acceptors (Lipinski definition) is 3. The number of ether oxygens (including phenoxy) is 1. The Morgan fingerprint density at radius 2 is 2.00 bits per heavy atom. The third-order valence-electron chi connectivity index (χ3n) is 4.16. The zero-order valence-electron chi connectivity index (χ0n) is 16.0. The van der Waals surface area contributed by atoms with E-state index in [1.165, 1.54) is 11.1 Å². The summed E-state index contributed by atoms with van der Waals surface area (Å²) in [6.45, 7) is 13.9. The molecule has 4 heteroatoms. The monoisotopic (exact) mass is 332 g/mol. The average Bonchev–Trinajstić information content (AvgIpc) is 2.87. The maximum Gasteiger partial charge on any atom is 0.414 e. The highest BCUT2D eigenvalue weighted by atomic mass is 16.6. The maximum atomic E-state index is 12.5. The molecule has 0 aromatic heterocycles. The Bertz CT molecular complexity index is 575. The van der Waals surface area contributed by atoms with E-state index >= 15 is 0 Å². The van der Waals surface area contributed by atoms with E-state index in [9.17, 15) is 4.79 Å². The summed E-state index contributed by atoms with van der Waals surface area (Å²) in [5.41, 5.74) is 2.97. The highest BCUT2D eigenvalue weighted by Gasteiger charge is 2.30. The number of anilines is 1. The summed E-state index contributed by atoms with van der Waals surface area (Å²) < 4.78 is 5.58. The molecule has 0 spiro atoms. The highest BCUT2D eigenvalue weighted by Crippen LogP contribution is 2.33. The fraction of sp³-hybridized carbons (Fsp3) is 0.650. The molecule has 1 atom stereocenters. The van der Waals surface area contributed by atoms with Gasteiger partial charge in [0.25, 0.3) is 0 Å². The van der Waals surface area contributed by atoms with Crippen LogP contribution in [0.4, 0.5) is 10.5 Å². The molecule has 0 bridgehead atoms. The van der Waals surface area contributed by atoms with E-state index in [0.29, 0.717) is 18.5 Å². The molecule has 0 radical (unpaired) electrons. The number of para-hydroxylation sites is 1. The van der Waals surface area contributed by atoms with Crippen molar-refractivity contribution in [3.05, 3.63) is 29.3 Å². The second-order valence-electron chi connectivity index (χ2n) is 8.22. The third-order valence-corrected chi connectivity index (χ3v) is 4.16. The Labute approximate surface area is 146 Å². The van der Waals surface area contributed by atoms with Crippen molar-refractivity contribution in [1.29, 1.82) is 0 Å². The molecular weight excluding hydrogens is 300 g/mol. The number of nitrogens with one attached hydrogen (secondary N) is 1. The largest absolute Gasteiger partial charge is 0.443 e. The van der Waals surface area contributed by atoms with Crippen molar-refractivity contribution in [3.8, 4) is 0 Å². The standard InChI is InChI=1S/C20H32N2O2/c1-14(2)12-15(3)21-13-17-9-7-8-16-10-11-22(18(16)17)19(23)24-20(4,5)6/h7-9,14-15,21H,10-13H2,1-6H3. The molecule has 1 aliphatic rings. The number of rotatable bonds is 5. The Morgan fingerprint density at radius 3 is 2.62 bits per heavy atom. The number of carbonyl (C=O) groups excluding carboxylic acids is 1. The second kappa shape index (κ2) is 7.56. The molecule has 1 unspecified atom stereocenters. The second-order valence-corrected chi connectivity index (χ2v) is 8.22. The molecule has 1 heterocycles. The summed E-state index contributed by atoms with van der Waals surface area (Å²) in [5.74, 6) is 0.673. The molecule has 134 valence electrons. The molecule has 4 nitrogen and oxygen atoms in total. The van der Waals surface area contributed by atoms with E-state index in [2.05, 4.69) is 44.3 Å². The van der Waals surface area contributed by atoms with Crippen LogP contribution in [0, 0.1) is 5.92 Å². The first-order chi connectivity index (χ1) is 11.2. The summed E-state index contributed by atoms with van der Waals surface area (Å²) in [5, 5.41) is 3.59. The highest BCUT2D eigenvalue weighted by molar-refractivity contribution is 5.91. The van der Waals surface area contributed by atoms with Crippen molar-refractivity contribution in [2.24, 2.45) is 5.92 Å². The van der Waals surface area contributed by atoms with Crippen molar-refractivity contribution in [3.63, 3.8) is 0 Å². The fourth-order valence-corrected chi connectivity index (χ4v) is 3.25. The minimum Gasteiger partial charge on any atom is -0.443 e. The van der Waals surface area contributed by atoms with Gasteiger partial charge in [0.1, 0.15) is 5.60 Å². The third kappa shape index (κ3) is 4.97. The van der Waals surface area contributed by atoms with Crippen LogP contribution in [0.3, 0.4) is 0 Å². The van der Waals surface area contributed by atoms with Crippen molar-refractivity contribution in [2.45, 2.75) is 72.6 Å². The molecule has 1 aromatic carbocycles. The molecule has 0 saturated carbocycles. The van der Waals surface area contributed by atoms with Gasteiger partial charge in [-0.2, -0.15) is 0 Å². The van der Waals surface area contributed by atoms with Crippen LogP contribution in [-0.2, 0) is 17.7 Å². The van der Waals surface area contributed by atoms with Gasteiger partial charge in [0.2, 0.25) is 0 Å². The Balaban J connectivity index is 2.13. The van der Waals surface area contributed by atoms with Gasteiger partial charge >= 0.3 is 6.09 Å². The van der Waals surface area contributed by atoms with Crippen LogP contribution < -0.4 is 10.2 Å². The minimum atomic E-state index is -0.473. The van der Waals surface area contributed by atoms with E-state index in [0.717, 1.165) is 25.1 Å². The molecule has 0 saturated heterocycles. The number of benzene rings is 1. The summed E-state index contributed by atoms with van der Waals surface area (Å²) >= 11 is 0. The summed E-state index contributed by atoms with van der Waals surface area (Å²) in [6.07, 6.45) is 1.79. The smallest absolute Gasteiger partial charge is 0.414 e. The molecule has 1 amide bonds. The van der Waals surface area contributed by atoms with Crippen LogP contribution in [0.5, 0.6) is 0 Å². The number of amides is 1. The van der Waals surface area contributed by atoms with E-state index in [1.807, 2.05) is 20.8 Å². The number of fused-ring (bicyclic) bond motifs is 1. The van der Waals surface area contributed by atoms with Crippen molar-refractivity contribution >= 4 is 11.8 Å². The average molecular weight is 332 g/mol. The van der Waals surface area contributed by atoms with E-state index in [1.54, 1.807) is 4.90 Å². The van der Waals surface area contributed by atoms with Crippen LogP contribution in [0.25, 0.3) is 0 Å². The van der Waals surface area contributed by atoms with E-state index in [4.69, 9.17) is 4.74 Å². The predicted octanol–water partition coefficient (Wildman–Crippen LogP) is 4.51. The normalized spacial score (nSPS) is 15.5. The molecular formula is C20H32N2O2. The van der Waals surface area contributed by atoms with Crippen LogP contribution in [0.15, 0.2) is 18.2 Å². The lowest BCUT2D eigenvalue weighted by Crippen LogP contribution is -2.36. The first-order valence-electron chi connectivity index (χ1n) is 9.02. The summed E-state index contributed by atoms with van der Waals surface area (Å²) in [4.78, 5) is 14.3. The van der Waals surface area contributed by atoms with Crippen LogP contribution in [0.2, 0.25) is 0 Å². The predicted molar refractivity (Wildman–Crippen MR) is 99.5 cm³/mol. The molecule has 1 N–H and O–H groups in total. The van der Waals surface area contributed by atoms with Gasteiger partial charge < -0.3 is 10.1 Å². The van der Waals surface area contributed by atoms with Gasteiger partial charge in [0, 0.05) is 19.1 Å². The van der Waals surface area contributed by atoms with Gasteiger partial charge in [0.15, 0.2) is 0 Å². The minimum absolute atomic E-state index is 0.246. The van der Waals surface area contributed by atoms with Crippen molar-refractivity contribution in [1.82, 2.24) is 5.32 Å². The summed E-state index contributed by atoms with van der Waals surface area (Å²) in [7, 11) is 0. The molecule has 24 heavy (non-hydrogen) atoms. The number of carbonyl (C=O) groups is 1. The van der Waals surface area contributed by atoms with Crippen LogP contribution >= 0.6 is 0 Å². The van der Waals surface area contributed by atoms with Crippen molar-refractivity contribution < 1.29 is 9.53 Å². The first kappa shape index (κ1) is 18.8. The maximum absolute atomic E-state index is 12.5. The first-order valence-corrected chi connectivity index (χ1v) is 9.02. The quantitative estimate of drug-likeness (QED) is 0.862. The van der Waals surface area contributed by atoms with Gasteiger partial charge in [-0.05, 0) is 57.6 Å². The lowest BCUT2D eigenvalue weighted by Gasteiger charge is -2.26.